The van der Waals surface area contributed by atoms with E-state index < -0.39 is 0 Å². The first-order valence-electron chi connectivity index (χ1n) is 8.39. The molecule has 0 spiro atoms. The van der Waals surface area contributed by atoms with Crippen LogP contribution < -0.4 is 9.47 Å². The van der Waals surface area contributed by atoms with Crippen LogP contribution in [0.5, 0.6) is 17.5 Å². The fourth-order valence-corrected chi connectivity index (χ4v) is 2.57. The summed E-state index contributed by atoms with van der Waals surface area (Å²) < 4.78 is 11.0. The van der Waals surface area contributed by atoms with Gasteiger partial charge in [0.25, 0.3) is 11.8 Å². The van der Waals surface area contributed by atoms with Gasteiger partial charge in [-0.15, -0.1) is 6.42 Å². The molecule has 0 aliphatic heterocycles. The molecule has 0 unspecified atom stereocenters. The van der Waals surface area contributed by atoms with Crippen LogP contribution in [0.2, 0.25) is 0 Å². The van der Waals surface area contributed by atoms with E-state index in [0.717, 1.165) is 11.0 Å². The lowest BCUT2D eigenvalue weighted by Gasteiger charge is -2.08. The number of nitrogens with one attached hydrogen (secondary N) is 1. The predicted octanol–water partition coefficient (Wildman–Crippen LogP) is 3.39. The predicted molar refractivity (Wildman–Crippen MR) is 102 cm³/mol. The summed E-state index contributed by atoms with van der Waals surface area (Å²) in [6.07, 6.45) is 8.16. The van der Waals surface area contributed by atoms with Gasteiger partial charge in [-0.2, -0.15) is 0 Å². The SMILES string of the molecule is C#CCOc1nccnc1Oc1ccc(C(=O)c2nc3ccccc3[nH]2)cc1. The number of hydrogen-bond acceptors (Lipinski definition) is 6. The number of fused-ring (bicyclic) bond motifs is 1. The molecular weight excluding hydrogens is 356 g/mol. The Morgan fingerprint density at radius 3 is 2.54 bits per heavy atom. The van der Waals surface area contributed by atoms with Gasteiger partial charge in [-0.25, -0.2) is 15.0 Å². The van der Waals surface area contributed by atoms with E-state index in [2.05, 4.69) is 25.9 Å². The second-order valence-electron chi connectivity index (χ2n) is 5.72. The number of H-pyrrole nitrogens is 1. The van der Waals surface area contributed by atoms with Crippen molar-refractivity contribution in [2.45, 2.75) is 0 Å². The number of imidazole rings is 1. The molecular formula is C21H14N4O3. The van der Waals surface area contributed by atoms with E-state index in [-0.39, 0.29) is 30.0 Å². The van der Waals surface area contributed by atoms with Gasteiger partial charge in [-0.1, -0.05) is 18.1 Å². The zero-order chi connectivity index (χ0) is 19.3. The highest BCUT2D eigenvalue weighted by Gasteiger charge is 2.15. The number of ether oxygens (including phenoxy) is 2. The number of carbonyl (C=O) groups is 1. The minimum absolute atomic E-state index is 0.0555. The Morgan fingerprint density at radius 2 is 1.79 bits per heavy atom. The fourth-order valence-electron chi connectivity index (χ4n) is 2.57. The molecule has 0 bridgehead atoms. The van der Waals surface area contributed by atoms with Gasteiger partial charge in [0, 0.05) is 18.0 Å². The third-order valence-corrected chi connectivity index (χ3v) is 3.86. The Morgan fingerprint density at radius 1 is 1.04 bits per heavy atom. The Balaban J connectivity index is 1.53. The third-order valence-electron chi connectivity index (χ3n) is 3.86. The lowest BCUT2D eigenvalue weighted by atomic mass is 10.1. The van der Waals surface area contributed by atoms with Crippen LogP contribution in [-0.4, -0.2) is 32.3 Å². The van der Waals surface area contributed by atoms with E-state index in [1.807, 2.05) is 24.3 Å². The van der Waals surface area contributed by atoms with Gasteiger partial charge in [0.2, 0.25) is 5.78 Å². The summed E-state index contributed by atoms with van der Waals surface area (Å²) in [6, 6.07) is 14.1. The quantitative estimate of drug-likeness (QED) is 0.413. The van der Waals surface area contributed by atoms with Gasteiger partial charge in [0.15, 0.2) is 12.4 Å². The van der Waals surface area contributed by atoms with Gasteiger partial charge < -0.3 is 14.5 Å². The molecule has 7 heteroatoms. The molecule has 7 nitrogen and oxygen atoms in total. The van der Waals surface area contributed by atoms with Crippen LogP contribution in [0.1, 0.15) is 16.2 Å². The highest BCUT2D eigenvalue weighted by Crippen LogP contribution is 2.27. The molecule has 2 aromatic carbocycles. The number of terminal acetylenes is 1. The van der Waals surface area contributed by atoms with Crippen LogP contribution in [0.25, 0.3) is 11.0 Å². The molecule has 4 aromatic rings. The Kier molecular flexibility index (Phi) is 4.68. The molecule has 0 saturated heterocycles. The maximum absolute atomic E-state index is 12.7. The van der Waals surface area contributed by atoms with Gasteiger partial charge in [-0.05, 0) is 36.4 Å². The molecule has 0 fully saturated rings. The van der Waals surface area contributed by atoms with Crippen LogP contribution in [0.4, 0.5) is 0 Å². The lowest BCUT2D eigenvalue weighted by molar-refractivity contribution is 0.103. The minimum atomic E-state index is -0.208. The Bertz CT molecular complexity index is 1140. The van der Waals surface area contributed by atoms with Gasteiger partial charge in [0.05, 0.1) is 11.0 Å². The molecule has 1 N–H and O–H groups in total. The molecule has 0 radical (unpaired) electrons. The number of ketones is 1. The number of benzene rings is 2. The van der Waals surface area contributed by atoms with Gasteiger partial charge >= 0.3 is 0 Å². The summed E-state index contributed by atoms with van der Waals surface area (Å²) in [5, 5.41) is 0. The van der Waals surface area contributed by atoms with Crippen molar-refractivity contribution in [2.75, 3.05) is 6.61 Å². The van der Waals surface area contributed by atoms with E-state index in [9.17, 15) is 4.79 Å². The number of aromatic amines is 1. The standard InChI is InChI=1S/C21H14N4O3/c1-2-13-27-20-21(23-12-11-22-20)28-15-9-7-14(8-10-15)18(26)19-24-16-5-3-4-6-17(16)25-19/h1,3-12H,13H2,(H,24,25). The van der Waals surface area contributed by atoms with Gasteiger partial charge in [0.1, 0.15) is 5.75 Å². The molecule has 136 valence electrons. The average molecular weight is 370 g/mol. The van der Waals surface area contributed by atoms with Crippen molar-refractivity contribution in [2.24, 2.45) is 0 Å². The molecule has 28 heavy (non-hydrogen) atoms. The molecule has 0 aliphatic carbocycles. The molecule has 2 aromatic heterocycles. The molecule has 4 rings (SSSR count). The number of para-hydroxylation sites is 2. The monoisotopic (exact) mass is 370 g/mol. The first kappa shape index (κ1) is 17.2. The number of hydrogen-bond donors (Lipinski definition) is 1. The molecule has 0 saturated carbocycles. The van der Waals surface area contributed by atoms with Crippen LogP contribution in [0.3, 0.4) is 0 Å². The van der Waals surface area contributed by atoms with Crippen LogP contribution in [-0.2, 0) is 0 Å². The minimum Gasteiger partial charge on any atom is -0.461 e. The van der Waals surface area contributed by atoms with Crippen LogP contribution in [0, 0.1) is 12.3 Å². The van der Waals surface area contributed by atoms with Crippen molar-refractivity contribution >= 4 is 16.8 Å². The number of rotatable bonds is 6. The summed E-state index contributed by atoms with van der Waals surface area (Å²) in [4.78, 5) is 28.2. The van der Waals surface area contributed by atoms with E-state index in [4.69, 9.17) is 15.9 Å². The van der Waals surface area contributed by atoms with Crippen LogP contribution in [0.15, 0.2) is 60.9 Å². The number of nitrogens with zero attached hydrogens (tertiary/aromatic N) is 3. The molecule has 0 amide bonds. The van der Waals surface area contributed by atoms with E-state index in [1.54, 1.807) is 24.3 Å². The van der Waals surface area contributed by atoms with Crippen LogP contribution >= 0.6 is 0 Å². The second kappa shape index (κ2) is 7.60. The van der Waals surface area contributed by atoms with Gasteiger partial charge in [-0.3, -0.25) is 4.79 Å². The van der Waals surface area contributed by atoms with Crippen molar-refractivity contribution in [3.8, 4) is 29.9 Å². The van der Waals surface area contributed by atoms with E-state index in [1.165, 1.54) is 12.4 Å². The topological polar surface area (TPSA) is 90.0 Å². The molecule has 2 heterocycles. The zero-order valence-corrected chi connectivity index (χ0v) is 14.6. The number of carbonyl (C=O) groups excluding carboxylic acids is 1. The summed E-state index contributed by atoms with van der Waals surface area (Å²) in [6.45, 7) is 0.0555. The largest absolute Gasteiger partial charge is 0.461 e. The van der Waals surface area contributed by atoms with E-state index >= 15 is 0 Å². The Hall–Kier alpha value is -4.18. The lowest BCUT2D eigenvalue weighted by Crippen LogP contribution is -2.03. The normalized spacial score (nSPS) is 10.4. The first-order valence-corrected chi connectivity index (χ1v) is 8.39. The summed E-state index contributed by atoms with van der Waals surface area (Å²) >= 11 is 0. The highest BCUT2D eigenvalue weighted by molar-refractivity contribution is 6.08. The number of aromatic nitrogens is 4. The van der Waals surface area contributed by atoms with Crippen molar-refractivity contribution in [3.63, 3.8) is 0 Å². The maximum atomic E-state index is 12.7. The third kappa shape index (κ3) is 3.52. The smallest absolute Gasteiger partial charge is 0.283 e. The van der Waals surface area contributed by atoms with E-state index in [0.29, 0.717) is 11.3 Å². The molecule has 0 atom stereocenters. The van der Waals surface area contributed by atoms with Crippen molar-refractivity contribution < 1.29 is 14.3 Å². The summed E-state index contributed by atoms with van der Waals surface area (Å²) in [5.74, 6) is 3.30. The first-order chi connectivity index (χ1) is 13.7. The Labute approximate surface area is 160 Å². The summed E-state index contributed by atoms with van der Waals surface area (Å²) in [5.41, 5.74) is 2.04. The highest BCUT2D eigenvalue weighted by atomic mass is 16.5. The second-order valence-corrected chi connectivity index (χ2v) is 5.72. The zero-order valence-electron chi connectivity index (χ0n) is 14.6. The van der Waals surface area contributed by atoms with Crippen molar-refractivity contribution in [3.05, 3.63) is 72.3 Å². The van der Waals surface area contributed by atoms with Crippen molar-refractivity contribution in [1.82, 2.24) is 19.9 Å². The average Bonchev–Trinajstić information content (AvgIpc) is 3.17. The molecule has 0 aliphatic rings. The maximum Gasteiger partial charge on any atom is 0.283 e. The summed E-state index contributed by atoms with van der Waals surface area (Å²) in [7, 11) is 0. The fraction of sp³-hybridized carbons (Fsp3) is 0.0476. The van der Waals surface area contributed by atoms with Crippen molar-refractivity contribution in [1.29, 1.82) is 0 Å².